The van der Waals surface area contributed by atoms with Crippen LogP contribution in [0.15, 0.2) is 24.5 Å². The average molecular weight is 337 g/mol. The molecule has 5 nitrogen and oxygen atoms in total. The number of rotatable bonds is 9. The lowest BCUT2D eigenvalue weighted by Gasteiger charge is -2.07. The van der Waals surface area contributed by atoms with Gasteiger partial charge >= 0.3 is 0 Å². The van der Waals surface area contributed by atoms with Crippen molar-refractivity contribution in [2.45, 2.75) is 6.42 Å². The van der Waals surface area contributed by atoms with Gasteiger partial charge in [0.05, 0.1) is 19.0 Å². The minimum atomic E-state index is -3.23. The number of alkyl halides is 1. The molecule has 18 heavy (non-hydrogen) atoms. The second-order valence-corrected chi connectivity index (χ2v) is 6.34. The maximum atomic E-state index is 11.6. The Bertz CT molecular complexity index is 425. The highest BCUT2D eigenvalue weighted by Crippen LogP contribution is 1.99. The van der Waals surface area contributed by atoms with Gasteiger partial charge in [-0.1, -0.05) is 15.9 Å². The van der Waals surface area contributed by atoms with Crippen molar-refractivity contribution in [3.05, 3.63) is 30.1 Å². The summed E-state index contributed by atoms with van der Waals surface area (Å²) in [5, 5.41) is 0.752. The number of aryl methyl sites for hydroxylation is 1. The molecule has 0 saturated carbocycles. The molecule has 0 bridgehead atoms. The van der Waals surface area contributed by atoms with Gasteiger partial charge in [-0.25, -0.2) is 13.1 Å². The molecule has 1 aromatic rings. The third kappa shape index (κ3) is 7.05. The Balaban J connectivity index is 2.23. The van der Waals surface area contributed by atoms with Crippen LogP contribution in [0.25, 0.3) is 0 Å². The zero-order chi connectivity index (χ0) is 13.3. The number of hydrogen-bond acceptors (Lipinski definition) is 4. The number of sulfonamides is 1. The van der Waals surface area contributed by atoms with E-state index in [0.717, 1.165) is 10.9 Å². The smallest absolute Gasteiger partial charge is 0.211 e. The van der Waals surface area contributed by atoms with Crippen LogP contribution in [0.3, 0.4) is 0 Å². The van der Waals surface area contributed by atoms with Crippen LogP contribution in [0.2, 0.25) is 0 Å². The molecule has 7 heteroatoms. The molecule has 1 rings (SSSR count). The van der Waals surface area contributed by atoms with E-state index in [-0.39, 0.29) is 5.75 Å². The van der Waals surface area contributed by atoms with Gasteiger partial charge in [0, 0.05) is 24.3 Å². The molecule has 0 radical (unpaired) electrons. The topological polar surface area (TPSA) is 68.3 Å². The van der Waals surface area contributed by atoms with Crippen LogP contribution in [0.1, 0.15) is 5.56 Å². The van der Waals surface area contributed by atoms with Crippen LogP contribution in [-0.4, -0.2) is 44.2 Å². The van der Waals surface area contributed by atoms with E-state index in [1.165, 1.54) is 0 Å². The molecule has 1 N–H and O–H groups in total. The van der Waals surface area contributed by atoms with Crippen molar-refractivity contribution in [3.63, 3.8) is 0 Å². The molecule has 0 aliphatic carbocycles. The van der Waals surface area contributed by atoms with Crippen LogP contribution >= 0.6 is 15.9 Å². The SMILES string of the molecule is O=S(=O)(CCc1ccncc1)NCCOCCBr. The standard InChI is InChI=1S/C11H17BrN2O3S/c12-4-8-17-9-7-14-18(15,16)10-3-11-1-5-13-6-2-11/h1-2,5-6,14H,3-4,7-10H2. The summed E-state index contributed by atoms with van der Waals surface area (Å²) in [4.78, 5) is 3.88. The molecule has 0 aromatic carbocycles. The van der Waals surface area contributed by atoms with E-state index in [9.17, 15) is 8.42 Å². The van der Waals surface area contributed by atoms with Crippen molar-refractivity contribution >= 4 is 26.0 Å². The lowest BCUT2D eigenvalue weighted by Crippen LogP contribution is -2.30. The Morgan fingerprint density at radius 2 is 2.00 bits per heavy atom. The van der Waals surface area contributed by atoms with Crippen molar-refractivity contribution in [2.75, 3.05) is 30.8 Å². The van der Waals surface area contributed by atoms with Gasteiger partial charge in [0.2, 0.25) is 10.0 Å². The zero-order valence-electron chi connectivity index (χ0n) is 10.0. The fourth-order valence-electron chi connectivity index (χ4n) is 1.30. The van der Waals surface area contributed by atoms with E-state index in [0.29, 0.717) is 26.2 Å². The van der Waals surface area contributed by atoms with Gasteiger partial charge in [-0.15, -0.1) is 0 Å². The van der Waals surface area contributed by atoms with Crippen LogP contribution in [0.4, 0.5) is 0 Å². The summed E-state index contributed by atoms with van der Waals surface area (Å²) in [6, 6.07) is 3.63. The molecular weight excluding hydrogens is 320 g/mol. The van der Waals surface area contributed by atoms with Gasteiger partial charge < -0.3 is 4.74 Å². The van der Waals surface area contributed by atoms with E-state index in [1.807, 2.05) is 12.1 Å². The summed E-state index contributed by atoms with van der Waals surface area (Å²) in [6.45, 7) is 1.28. The van der Waals surface area contributed by atoms with Crippen LogP contribution in [0, 0.1) is 0 Å². The highest BCUT2D eigenvalue weighted by molar-refractivity contribution is 9.09. The lowest BCUT2D eigenvalue weighted by molar-refractivity contribution is 0.156. The molecule has 0 atom stereocenters. The van der Waals surface area contributed by atoms with Crippen LogP contribution in [-0.2, 0) is 21.2 Å². The monoisotopic (exact) mass is 336 g/mol. The second kappa shape index (κ2) is 8.58. The number of nitrogens with zero attached hydrogens (tertiary/aromatic N) is 1. The molecule has 1 aromatic heterocycles. The minimum absolute atomic E-state index is 0.0788. The molecule has 102 valence electrons. The van der Waals surface area contributed by atoms with E-state index in [4.69, 9.17) is 4.74 Å². The summed E-state index contributed by atoms with van der Waals surface area (Å²) >= 11 is 3.22. The Kier molecular flexibility index (Phi) is 7.41. The summed E-state index contributed by atoms with van der Waals surface area (Å²) < 4.78 is 31.0. The zero-order valence-corrected chi connectivity index (χ0v) is 12.4. The Labute approximate surface area is 116 Å². The summed E-state index contributed by atoms with van der Waals surface area (Å²) in [6.07, 6.45) is 3.80. The summed E-state index contributed by atoms with van der Waals surface area (Å²) in [7, 11) is -3.23. The van der Waals surface area contributed by atoms with E-state index in [1.54, 1.807) is 12.4 Å². The van der Waals surface area contributed by atoms with E-state index >= 15 is 0 Å². The quantitative estimate of drug-likeness (QED) is 0.538. The molecule has 1 heterocycles. The number of aromatic nitrogens is 1. The highest BCUT2D eigenvalue weighted by Gasteiger charge is 2.09. The third-order valence-electron chi connectivity index (χ3n) is 2.20. The van der Waals surface area contributed by atoms with Gasteiger partial charge in [-0.2, -0.15) is 0 Å². The largest absolute Gasteiger partial charge is 0.379 e. The second-order valence-electron chi connectivity index (χ2n) is 3.62. The molecule has 0 aliphatic heterocycles. The maximum Gasteiger partial charge on any atom is 0.211 e. The van der Waals surface area contributed by atoms with Crippen molar-refractivity contribution in [2.24, 2.45) is 0 Å². The molecule has 0 unspecified atom stereocenters. The minimum Gasteiger partial charge on any atom is -0.379 e. The lowest BCUT2D eigenvalue weighted by atomic mass is 10.2. The summed E-state index contributed by atoms with van der Waals surface area (Å²) in [5.74, 6) is 0.0788. The molecular formula is C11H17BrN2O3S. The number of ether oxygens (including phenoxy) is 1. The average Bonchev–Trinajstić information content (AvgIpc) is 2.38. The van der Waals surface area contributed by atoms with Crippen LogP contribution in [0.5, 0.6) is 0 Å². The Morgan fingerprint density at radius 1 is 1.28 bits per heavy atom. The molecule has 0 aliphatic rings. The maximum absolute atomic E-state index is 11.6. The number of pyridine rings is 1. The molecule has 0 spiro atoms. The highest BCUT2D eigenvalue weighted by atomic mass is 79.9. The van der Waals surface area contributed by atoms with E-state index < -0.39 is 10.0 Å². The first kappa shape index (κ1) is 15.6. The van der Waals surface area contributed by atoms with Crippen molar-refractivity contribution in [1.82, 2.24) is 9.71 Å². The molecule has 0 amide bonds. The van der Waals surface area contributed by atoms with Gasteiger partial charge in [0.1, 0.15) is 0 Å². The Morgan fingerprint density at radius 3 is 2.67 bits per heavy atom. The first-order valence-electron chi connectivity index (χ1n) is 5.64. The van der Waals surface area contributed by atoms with Crippen molar-refractivity contribution in [3.8, 4) is 0 Å². The number of halogens is 1. The first-order chi connectivity index (χ1) is 8.64. The van der Waals surface area contributed by atoms with Crippen molar-refractivity contribution in [1.29, 1.82) is 0 Å². The van der Waals surface area contributed by atoms with Crippen molar-refractivity contribution < 1.29 is 13.2 Å². The fraction of sp³-hybridized carbons (Fsp3) is 0.545. The van der Waals surface area contributed by atoms with E-state index in [2.05, 4.69) is 25.6 Å². The van der Waals surface area contributed by atoms with Gasteiger partial charge in [-0.3, -0.25) is 4.98 Å². The first-order valence-corrected chi connectivity index (χ1v) is 8.41. The Hall–Kier alpha value is -0.500. The molecule has 0 saturated heterocycles. The predicted octanol–water partition coefficient (Wildman–Crippen LogP) is 0.955. The number of nitrogens with one attached hydrogen (secondary N) is 1. The van der Waals surface area contributed by atoms with Gasteiger partial charge in [0.25, 0.3) is 0 Å². The van der Waals surface area contributed by atoms with Crippen LogP contribution < -0.4 is 4.72 Å². The van der Waals surface area contributed by atoms with Gasteiger partial charge in [0.15, 0.2) is 0 Å². The number of hydrogen-bond donors (Lipinski definition) is 1. The summed E-state index contributed by atoms with van der Waals surface area (Å²) in [5.41, 5.74) is 0.964. The predicted molar refractivity (Wildman–Crippen MR) is 74.3 cm³/mol. The molecule has 0 fully saturated rings. The van der Waals surface area contributed by atoms with Gasteiger partial charge in [-0.05, 0) is 24.1 Å². The fourth-order valence-corrected chi connectivity index (χ4v) is 2.57. The normalized spacial score (nSPS) is 11.6. The third-order valence-corrected chi connectivity index (χ3v) is 3.91.